The van der Waals surface area contributed by atoms with E-state index in [2.05, 4.69) is 15.5 Å². The van der Waals surface area contributed by atoms with Gasteiger partial charge in [0.15, 0.2) is 0 Å². The average molecular weight is 377 g/mol. The van der Waals surface area contributed by atoms with Gasteiger partial charge >= 0.3 is 0 Å². The van der Waals surface area contributed by atoms with Crippen LogP contribution in [0.25, 0.3) is 0 Å². The Hall–Kier alpha value is -1.17. The van der Waals surface area contributed by atoms with Crippen molar-refractivity contribution in [3.05, 3.63) is 5.89 Å². The van der Waals surface area contributed by atoms with E-state index >= 15 is 0 Å². The summed E-state index contributed by atoms with van der Waals surface area (Å²) in [7, 11) is -0.446. The molecule has 0 saturated carbocycles. The van der Waals surface area contributed by atoms with E-state index in [1.54, 1.807) is 6.92 Å². The molecule has 0 spiro atoms. The van der Waals surface area contributed by atoms with Gasteiger partial charge in [-0.25, -0.2) is 0 Å². The number of nitrogens with one attached hydrogen (secondary N) is 1. The van der Waals surface area contributed by atoms with Crippen molar-refractivity contribution in [3.8, 4) is 0 Å². The highest BCUT2D eigenvalue weighted by molar-refractivity contribution is 7.99. The first-order valence-electron chi connectivity index (χ1n) is 7.69. The highest BCUT2D eigenvalue weighted by Gasteiger charge is 2.29. The van der Waals surface area contributed by atoms with Crippen LogP contribution in [0.4, 0.5) is 0 Å². The van der Waals surface area contributed by atoms with Crippen LogP contribution in [-0.4, -0.2) is 72.1 Å². The Morgan fingerprint density at radius 3 is 2.79 bits per heavy atom. The standard InChI is InChI=1S/C13H23N5O4S2/c1-10-15-16-13(22-10)23-9-12(19)14-11-6-4-5-7-18(8-11)24(20,21)17(2)3/h11H,4-9H2,1-3H3,(H,14,19)/t11-/m0/s1. The van der Waals surface area contributed by atoms with E-state index in [4.69, 9.17) is 4.42 Å². The SMILES string of the molecule is Cc1nnc(SCC(=O)N[C@H]2CCCCN(S(=O)(=O)N(C)C)C2)o1. The van der Waals surface area contributed by atoms with Crippen molar-refractivity contribution in [2.24, 2.45) is 0 Å². The van der Waals surface area contributed by atoms with Crippen LogP contribution in [0.3, 0.4) is 0 Å². The molecule has 1 aliphatic rings. The fraction of sp³-hybridized carbons (Fsp3) is 0.769. The summed E-state index contributed by atoms with van der Waals surface area (Å²) in [4.78, 5) is 12.1. The minimum Gasteiger partial charge on any atom is -0.416 e. The lowest BCUT2D eigenvalue weighted by Gasteiger charge is -2.27. The van der Waals surface area contributed by atoms with Crippen molar-refractivity contribution in [2.45, 2.75) is 37.5 Å². The molecule has 0 aliphatic carbocycles. The van der Waals surface area contributed by atoms with Crippen LogP contribution in [0.1, 0.15) is 25.2 Å². The molecule has 1 aromatic rings. The van der Waals surface area contributed by atoms with Gasteiger partial charge in [0.1, 0.15) is 0 Å². The van der Waals surface area contributed by atoms with E-state index < -0.39 is 10.2 Å². The predicted molar refractivity (Wildman–Crippen MR) is 89.7 cm³/mol. The van der Waals surface area contributed by atoms with Crippen molar-refractivity contribution in [1.82, 2.24) is 24.1 Å². The molecule has 1 atom stereocenters. The zero-order valence-corrected chi connectivity index (χ0v) is 15.7. The van der Waals surface area contributed by atoms with Crippen LogP contribution in [-0.2, 0) is 15.0 Å². The lowest BCUT2D eigenvalue weighted by atomic mass is 10.1. The summed E-state index contributed by atoms with van der Waals surface area (Å²) in [6, 6.07) is -0.195. The topological polar surface area (TPSA) is 109 Å². The second kappa shape index (κ2) is 8.28. The van der Waals surface area contributed by atoms with Crippen LogP contribution in [0.15, 0.2) is 9.64 Å². The first-order valence-corrected chi connectivity index (χ1v) is 10.1. The second-order valence-electron chi connectivity index (χ2n) is 5.78. The van der Waals surface area contributed by atoms with Gasteiger partial charge in [-0.1, -0.05) is 18.2 Å². The molecule has 9 nitrogen and oxygen atoms in total. The first kappa shape index (κ1) is 19.2. The number of rotatable bonds is 6. The Labute approximate surface area is 146 Å². The van der Waals surface area contributed by atoms with Crippen molar-refractivity contribution in [1.29, 1.82) is 0 Å². The number of nitrogens with zero attached hydrogens (tertiary/aromatic N) is 4. The monoisotopic (exact) mass is 377 g/mol. The number of amides is 1. The smallest absolute Gasteiger partial charge is 0.281 e. The second-order valence-corrected chi connectivity index (χ2v) is 8.85. The minimum atomic E-state index is -3.47. The molecule has 0 aromatic carbocycles. The summed E-state index contributed by atoms with van der Waals surface area (Å²) < 4.78 is 32.4. The summed E-state index contributed by atoms with van der Waals surface area (Å²) in [6.07, 6.45) is 2.42. The normalized spacial score (nSPS) is 20.1. The fourth-order valence-electron chi connectivity index (χ4n) is 2.40. The number of aryl methyl sites for hydroxylation is 1. The third kappa shape index (κ3) is 5.16. The summed E-state index contributed by atoms with van der Waals surface area (Å²) in [6.45, 7) is 2.45. The molecule has 136 valence electrons. The fourth-order valence-corrected chi connectivity index (χ4v) is 4.20. The maximum Gasteiger partial charge on any atom is 0.281 e. The highest BCUT2D eigenvalue weighted by atomic mass is 32.2. The molecule has 2 rings (SSSR count). The quantitative estimate of drug-likeness (QED) is 0.708. The maximum atomic E-state index is 12.3. The molecule has 1 amide bonds. The number of carbonyl (C=O) groups is 1. The third-order valence-electron chi connectivity index (χ3n) is 3.62. The van der Waals surface area contributed by atoms with E-state index in [0.29, 0.717) is 17.7 Å². The maximum absolute atomic E-state index is 12.3. The zero-order valence-electron chi connectivity index (χ0n) is 14.1. The predicted octanol–water partition coefficient (Wildman–Crippen LogP) is 0.247. The molecule has 24 heavy (non-hydrogen) atoms. The van der Waals surface area contributed by atoms with Crippen LogP contribution in [0.2, 0.25) is 0 Å². The van der Waals surface area contributed by atoms with Gasteiger partial charge in [0, 0.05) is 40.2 Å². The number of thioether (sulfide) groups is 1. The molecule has 1 N–H and O–H groups in total. The molecule has 1 saturated heterocycles. The number of aromatic nitrogens is 2. The van der Waals surface area contributed by atoms with E-state index in [9.17, 15) is 13.2 Å². The molecule has 2 heterocycles. The van der Waals surface area contributed by atoms with Crippen LogP contribution in [0.5, 0.6) is 0 Å². The number of carbonyl (C=O) groups excluding carboxylic acids is 1. The molecule has 11 heteroatoms. The van der Waals surface area contributed by atoms with Crippen LogP contribution in [0, 0.1) is 6.92 Å². The molecule has 1 aromatic heterocycles. The summed E-state index contributed by atoms with van der Waals surface area (Å²) in [5, 5.41) is 10.8. The number of hydrogen-bond acceptors (Lipinski definition) is 7. The van der Waals surface area contributed by atoms with E-state index in [1.165, 1.54) is 22.7 Å². The molecule has 0 unspecified atom stereocenters. The largest absolute Gasteiger partial charge is 0.416 e. The summed E-state index contributed by atoms with van der Waals surface area (Å²) in [5.41, 5.74) is 0. The van der Waals surface area contributed by atoms with Gasteiger partial charge in [-0.2, -0.15) is 17.0 Å². The van der Waals surface area contributed by atoms with Gasteiger partial charge in [-0.15, -0.1) is 10.2 Å². The Kier molecular flexibility index (Phi) is 6.61. The lowest BCUT2D eigenvalue weighted by molar-refractivity contribution is -0.119. The van der Waals surface area contributed by atoms with Gasteiger partial charge in [-0.05, 0) is 12.8 Å². The Morgan fingerprint density at radius 1 is 1.42 bits per heavy atom. The minimum absolute atomic E-state index is 0.151. The van der Waals surface area contributed by atoms with E-state index in [-0.39, 0.29) is 24.2 Å². The van der Waals surface area contributed by atoms with Crippen molar-refractivity contribution in [2.75, 3.05) is 32.9 Å². The molecule has 0 bridgehead atoms. The van der Waals surface area contributed by atoms with E-state index in [0.717, 1.165) is 31.0 Å². The lowest BCUT2D eigenvalue weighted by Crippen LogP contribution is -2.48. The first-order chi connectivity index (χ1) is 11.3. The summed E-state index contributed by atoms with van der Waals surface area (Å²) >= 11 is 1.16. The van der Waals surface area contributed by atoms with Crippen LogP contribution < -0.4 is 5.32 Å². The average Bonchev–Trinajstić information content (AvgIpc) is 2.78. The zero-order chi connectivity index (χ0) is 17.7. The van der Waals surface area contributed by atoms with Gasteiger partial charge in [0.05, 0.1) is 5.75 Å². The summed E-state index contributed by atoms with van der Waals surface area (Å²) in [5.74, 6) is 0.426. The molecule has 1 aliphatic heterocycles. The van der Waals surface area contributed by atoms with Gasteiger partial charge < -0.3 is 9.73 Å². The number of hydrogen-bond donors (Lipinski definition) is 1. The Balaban J connectivity index is 1.89. The Morgan fingerprint density at radius 2 is 2.17 bits per heavy atom. The van der Waals surface area contributed by atoms with Gasteiger partial charge in [-0.3, -0.25) is 4.79 Å². The molecular formula is C13H23N5O4S2. The van der Waals surface area contributed by atoms with Gasteiger partial charge in [0.25, 0.3) is 15.4 Å². The van der Waals surface area contributed by atoms with Gasteiger partial charge in [0.2, 0.25) is 11.8 Å². The van der Waals surface area contributed by atoms with E-state index in [1.807, 2.05) is 0 Å². The highest BCUT2D eigenvalue weighted by Crippen LogP contribution is 2.17. The Bertz CT molecular complexity index is 661. The van der Waals surface area contributed by atoms with Crippen LogP contribution >= 0.6 is 11.8 Å². The molecule has 1 fully saturated rings. The van der Waals surface area contributed by atoms with Crippen molar-refractivity contribution in [3.63, 3.8) is 0 Å². The van der Waals surface area contributed by atoms with Crippen molar-refractivity contribution >= 4 is 27.9 Å². The molecule has 0 radical (unpaired) electrons. The molecular weight excluding hydrogens is 354 g/mol. The third-order valence-corrected chi connectivity index (χ3v) is 6.35. The van der Waals surface area contributed by atoms with Crippen molar-refractivity contribution < 1.29 is 17.6 Å².